The summed E-state index contributed by atoms with van der Waals surface area (Å²) in [5.74, 6) is 0.528. The number of carbonyl (C=O) groups is 1. The van der Waals surface area contributed by atoms with Gasteiger partial charge in [0.15, 0.2) is 11.5 Å². The molecule has 0 atom stereocenters. The van der Waals surface area contributed by atoms with E-state index in [1.165, 1.54) is 11.3 Å². The van der Waals surface area contributed by atoms with Crippen LogP contribution < -0.4 is 20.5 Å². The van der Waals surface area contributed by atoms with Gasteiger partial charge >= 0.3 is 5.69 Å². The summed E-state index contributed by atoms with van der Waals surface area (Å²) in [6.45, 7) is -0.195. The molecular formula is C14H10ClN5O4S. The molecule has 9 nitrogen and oxygen atoms in total. The molecule has 3 heterocycles. The van der Waals surface area contributed by atoms with Gasteiger partial charge in [-0.25, -0.2) is 4.79 Å². The van der Waals surface area contributed by atoms with Crippen LogP contribution in [0.25, 0.3) is 5.00 Å². The lowest BCUT2D eigenvalue weighted by atomic mass is 10.2. The van der Waals surface area contributed by atoms with Crippen LogP contribution in [0.15, 0.2) is 34.4 Å². The van der Waals surface area contributed by atoms with E-state index in [4.69, 9.17) is 21.1 Å². The van der Waals surface area contributed by atoms with Crippen LogP contribution in [0.4, 0.5) is 5.69 Å². The Morgan fingerprint density at radius 3 is 2.88 bits per heavy atom. The van der Waals surface area contributed by atoms with Crippen molar-refractivity contribution < 1.29 is 14.3 Å². The normalized spacial score (nSPS) is 12.4. The summed E-state index contributed by atoms with van der Waals surface area (Å²) in [6, 6.07) is 6.64. The highest BCUT2D eigenvalue weighted by molar-refractivity contribution is 7.12. The molecule has 0 bridgehead atoms. The summed E-state index contributed by atoms with van der Waals surface area (Å²) in [6.07, 6.45) is 0. The second kappa shape index (κ2) is 6.22. The second-order valence-corrected chi connectivity index (χ2v) is 6.35. The number of nitrogens with zero attached hydrogens (tertiary/aromatic N) is 4. The SMILES string of the molecule is O=C(Cn1nnn(-c2cccs2)c1=O)Nc1cc2c(cc1Cl)OCO2. The zero-order chi connectivity index (χ0) is 17.4. The minimum Gasteiger partial charge on any atom is -0.454 e. The number of halogens is 1. The third-order valence-electron chi connectivity index (χ3n) is 3.38. The van der Waals surface area contributed by atoms with Crippen molar-refractivity contribution in [3.63, 3.8) is 0 Å². The number of thiophene rings is 1. The second-order valence-electron chi connectivity index (χ2n) is 5.02. The lowest BCUT2D eigenvalue weighted by Gasteiger charge is -2.08. The van der Waals surface area contributed by atoms with E-state index in [1.807, 2.05) is 5.38 Å². The van der Waals surface area contributed by atoms with Gasteiger partial charge in [-0.15, -0.1) is 11.3 Å². The number of nitrogens with one attached hydrogen (secondary N) is 1. The Kier molecular flexibility index (Phi) is 3.90. The van der Waals surface area contributed by atoms with Crippen LogP contribution >= 0.6 is 22.9 Å². The Bertz CT molecular complexity index is 997. The molecule has 1 aliphatic rings. The Morgan fingerprint density at radius 2 is 2.12 bits per heavy atom. The van der Waals surface area contributed by atoms with E-state index in [-0.39, 0.29) is 13.3 Å². The molecule has 1 N–H and O–H groups in total. The van der Waals surface area contributed by atoms with E-state index < -0.39 is 11.6 Å². The van der Waals surface area contributed by atoms with Gasteiger partial charge in [-0.1, -0.05) is 11.6 Å². The molecule has 4 rings (SSSR count). The molecule has 1 aliphatic heterocycles. The van der Waals surface area contributed by atoms with Crippen molar-refractivity contribution in [3.8, 4) is 16.5 Å². The van der Waals surface area contributed by atoms with Crippen molar-refractivity contribution in [2.24, 2.45) is 0 Å². The number of hydrogen-bond donors (Lipinski definition) is 1. The van der Waals surface area contributed by atoms with Gasteiger partial charge in [-0.2, -0.15) is 9.36 Å². The van der Waals surface area contributed by atoms with E-state index in [2.05, 4.69) is 15.7 Å². The number of ether oxygens (including phenoxy) is 2. The third-order valence-corrected chi connectivity index (χ3v) is 4.54. The van der Waals surface area contributed by atoms with Crippen molar-refractivity contribution in [1.29, 1.82) is 0 Å². The molecule has 25 heavy (non-hydrogen) atoms. The maximum Gasteiger partial charge on any atom is 0.369 e. The number of carbonyl (C=O) groups excluding carboxylic acids is 1. The molecule has 0 saturated heterocycles. The molecule has 0 spiro atoms. The largest absolute Gasteiger partial charge is 0.454 e. The van der Waals surface area contributed by atoms with Gasteiger partial charge in [0.05, 0.1) is 10.7 Å². The van der Waals surface area contributed by atoms with Crippen LogP contribution in [0.2, 0.25) is 5.02 Å². The zero-order valence-electron chi connectivity index (χ0n) is 12.5. The number of anilines is 1. The zero-order valence-corrected chi connectivity index (χ0v) is 14.1. The first-order valence-corrected chi connectivity index (χ1v) is 8.33. The maximum absolute atomic E-state index is 12.2. The van der Waals surface area contributed by atoms with Gasteiger partial charge < -0.3 is 14.8 Å². The molecule has 0 unspecified atom stereocenters. The van der Waals surface area contributed by atoms with Gasteiger partial charge in [0, 0.05) is 12.1 Å². The summed E-state index contributed by atoms with van der Waals surface area (Å²) in [7, 11) is 0. The quantitative estimate of drug-likeness (QED) is 0.737. The number of rotatable bonds is 4. The molecule has 0 fully saturated rings. The molecule has 0 aliphatic carbocycles. The molecular weight excluding hydrogens is 370 g/mol. The minimum atomic E-state index is -0.505. The number of benzene rings is 1. The van der Waals surface area contributed by atoms with Crippen molar-refractivity contribution in [3.05, 3.63) is 45.2 Å². The molecule has 0 saturated carbocycles. The predicted octanol–water partition coefficient (Wildman–Crippen LogP) is 1.51. The Morgan fingerprint density at radius 1 is 1.32 bits per heavy atom. The topological polar surface area (TPSA) is 100 Å². The van der Waals surface area contributed by atoms with Gasteiger partial charge in [0.2, 0.25) is 12.7 Å². The molecule has 11 heteroatoms. The Hall–Kier alpha value is -2.85. The van der Waals surface area contributed by atoms with Crippen LogP contribution in [0, 0.1) is 0 Å². The monoisotopic (exact) mass is 379 g/mol. The van der Waals surface area contributed by atoms with Crippen molar-refractivity contribution in [1.82, 2.24) is 19.8 Å². The summed E-state index contributed by atoms with van der Waals surface area (Å²) in [4.78, 5) is 24.4. The number of tetrazole rings is 1. The van der Waals surface area contributed by atoms with E-state index >= 15 is 0 Å². The van der Waals surface area contributed by atoms with Gasteiger partial charge in [0.25, 0.3) is 0 Å². The standard InChI is InChI=1S/C14H10ClN5O4S/c15-8-4-10-11(24-7-23-10)5-9(8)16-12(21)6-19-14(22)20(18-17-19)13-2-1-3-25-13/h1-5H,6-7H2,(H,16,21). The average molecular weight is 380 g/mol. The van der Waals surface area contributed by atoms with Gasteiger partial charge in [-0.3, -0.25) is 4.79 Å². The van der Waals surface area contributed by atoms with E-state index in [0.717, 1.165) is 9.36 Å². The third kappa shape index (κ3) is 2.96. The fourth-order valence-electron chi connectivity index (χ4n) is 2.24. The lowest BCUT2D eigenvalue weighted by Crippen LogP contribution is -2.29. The highest BCUT2D eigenvalue weighted by atomic mass is 35.5. The summed E-state index contributed by atoms with van der Waals surface area (Å²) in [5, 5.41) is 12.8. The molecule has 1 aromatic carbocycles. The summed E-state index contributed by atoms with van der Waals surface area (Å²) >= 11 is 7.45. The summed E-state index contributed by atoms with van der Waals surface area (Å²) in [5.41, 5.74) is -0.149. The minimum absolute atomic E-state index is 0.101. The van der Waals surface area contributed by atoms with Gasteiger partial charge in [0.1, 0.15) is 11.5 Å². The first kappa shape index (κ1) is 15.7. The average Bonchev–Trinajstić information content (AvgIpc) is 3.30. The molecule has 128 valence electrons. The summed E-state index contributed by atoms with van der Waals surface area (Å²) < 4.78 is 12.5. The van der Waals surface area contributed by atoms with Gasteiger partial charge in [-0.05, 0) is 27.9 Å². The number of fused-ring (bicyclic) bond motifs is 1. The van der Waals surface area contributed by atoms with Crippen molar-refractivity contribution in [2.45, 2.75) is 6.54 Å². The predicted molar refractivity (Wildman–Crippen MR) is 89.7 cm³/mol. The Labute approximate surface area is 149 Å². The molecule has 3 aromatic rings. The van der Waals surface area contributed by atoms with Crippen LogP contribution in [0.5, 0.6) is 11.5 Å². The smallest absolute Gasteiger partial charge is 0.369 e. The number of hydrogen-bond acceptors (Lipinski definition) is 7. The number of aromatic nitrogens is 4. The fourth-order valence-corrected chi connectivity index (χ4v) is 3.11. The molecule has 0 radical (unpaired) electrons. The lowest BCUT2D eigenvalue weighted by molar-refractivity contribution is -0.117. The highest BCUT2D eigenvalue weighted by Crippen LogP contribution is 2.39. The Balaban J connectivity index is 1.51. The first-order valence-electron chi connectivity index (χ1n) is 7.07. The van der Waals surface area contributed by atoms with E-state index in [1.54, 1.807) is 24.3 Å². The van der Waals surface area contributed by atoms with Crippen molar-refractivity contribution >= 4 is 34.5 Å². The highest BCUT2D eigenvalue weighted by Gasteiger charge is 2.19. The molecule has 1 amide bonds. The van der Waals surface area contributed by atoms with Crippen LogP contribution in [0.1, 0.15) is 0 Å². The van der Waals surface area contributed by atoms with Crippen LogP contribution in [-0.4, -0.2) is 32.5 Å². The molecule has 2 aromatic heterocycles. The first-order chi connectivity index (χ1) is 12.1. The van der Waals surface area contributed by atoms with Crippen LogP contribution in [-0.2, 0) is 11.3 Å². The van der Waals surface area contributed by atoms with Crippen molar-refractivity contribution in [2.75, 3.05) is 12.1 Å². The maximum atomic E-state index is 12.2. The van der Waals surface area contributed by atoms with E-state index in [0.29, 0.717) is 27.2 Å². The van der Waals surface area contributed by atoms with E-state index in [9.17, 15) is 9.59 Å². The fraction of sp³-hybridized carbons (Fsp3) is 0.143. The number of amides is 1. The van der Waals surface area contributed by atoms with Crippen LogP contribution in [0.3, 0.4) is 0 Å².